The lowest BCUT2D eigenvalue weighted by molar-refractivity contribution is 0.763. The van der Waals surface area contributed by atoms with Gasteiger partial charge in [-0.05, 0) is 55.5 Å². The van der Waals surface area contributed by atoms with Crippen molar-refractivity contribution in [2.75, 3.05) is 5.73 Å². The number of nitrogen functional groups attached to an aromatic ring is 1. The molecule has 4 rings (SSSR count). The topological polar surface area (TPSA) is 78.2 Å². The number of rotatable bonds is 3. The summed E-state index contributed by atoms with van der Waals surface area (Å²) in [5.74, 6) is 0. The van der Waals surface area contributed by atoms with Crippen molar-refractivity contribution in [2.24, 2.45) is 0 Å². The van der Waals surface area contributed by atoms with Gasteiger partial charge < -0.3 is 5.73 Å². The Labute approximate surface area is 149 Å². The molecular formula is C20H17N5O. The Morgan fingerprint density at radius 1 is 0.962 bits per heavy atom. The molecule has 0 atom stereocenters. The van der Waals surface area contributed by atoms with Crippen molar-refractivity contribution in [1.82, 2.24) is 19.2 Å². The lowest BCUT2D eigenvalue weighted by Crippen LogP contribution is -2.19. The zero-order valence-electron chi connectivity index (χ0n) is 14.2. The molecule has 6 heteroatoms. The summed E-state index contributed by atoms with van der Waals surface area (Å²) in [5, 5.41) is 0. The Morgan fingerprint density at radius 2 is 1.73 bits per heavy atom. The number of aryl methyl sites for hydroxylation is 1. The monoisotopic (exact) mass is 343 g/mol. The van der Waals surface area contributed by atoms with Crippen molar-refractivity contribution in [3.63, 3.8) is 0 Å². The molecule has 0 bridgehead atoms. The fraction of sp³-hybridized carbons (Fsp3) is 0.0500. The molecule has 0 saturated carbocycles. The van der Waals surface area contributed by atoms with Gasteiger partial charge >= 0.3 is 0 Å². The van der Waals surface area contributed by atoms with Gasteiger partial charge in [-0.2, -0.15) is 4.52 Å². The van der Waals surface area contributed by atoms with E-state index in [-0.39, 0.29) is 5.56 Å². The molecule has 0 spiro atoms. The third-order valence-electron chi connectivity index (χ3n) is 4.01. The van der Waals surface area contributed by atoms with E-state index in [0.717, 1.165) is 17.1 Å². The van der Waals surface area contributed by atoms with E-state index in [0.29, 0.717) is 17.0 Å². The first kappa shape index (κ1) is 15.8. The van der Waals surface area contributed by atoms with Crippen molar-refractivity contribution in [1.29, 1.82) is 0 Å². The van der Waals surface area contributed by atoms with Gasteiger partial charge in [-0.25, -0.2) is 4.98 Å². The quantitative estimate of drug-likeness (QED) is 0.580. The van der Waals surface area contributed by atoms with Crippen molar-refractivity contribution >= 4 is 23.5 Å². The Balaban J connectivity index is 1.74. The standard InChI is InChI=1S/C20H17N5O/c1-14-3-2-4-16(22-14)7-8-17-13-20(26)25-19(23-17)11-12-24(25)18-9-5-15(21)6-10-18/h2-13H,21H2,1H3/b8-7+. The minimum absolute atomic E-state index is 0.159. The van der Waals surface area contributed by atoms with Crippen molar-refractivity contribution < 1.29 is 0 Å². The molecule has 3 heterocycles. The number of pyridine rings is 1. The Bertz CT molecular complexity index is 1170. The molecule has 0 saturated heterocycles. The normalized spacial score (nSPS) is 11.4. The van der Waals surface area contributed by atoms with Crippen LogP contribution in [0.25, 0.3) is 23.5 Å². The van der Waals surface area contributed by atoms with Gasteiger partial charge in [0.05, 0.1) is 17.1 Å². The van der Waals surface area contributed by atoms with E-state index in [1.807, 2.05) is 49.5 Å². The van der Waals surface area contributed by atoms with Crippen LogP contribution in [0.1, 0.15) is 17.1 Å². The number of anilines is 1. The van der Waals surface area contributed by atoms with Gasteiger partial charge in [0.2, 0.25) is 0 Å². The minimum atomic E-state index is -0.159. The van der Waals surface area contributed by atoms with Crippen LogP contribution in [0.5, 0.6) is 0 Å². The molecule has 0 aliphatic heterocycles. The highest BCUT2D eigenvalue weighted by Gasteiger charge is 2.07. The number of benzene rings is 1. The predicted molar refractivity (Wildman–Crippen MR) is 103 cm³/mol. The van der Waals surface area contributed by atoms with Gasteiger partial charge in [-0.1, -0.05) is 6.07 Å². The second-order valence-electron chi connectivity index (χ2n) is 5.98. The number of aromatic nitrogens is 4. The average molecular weight is 343 g/mol. The summed E-state index contributed by atoms with van der Waals surface area (Å²) < 4.78 is 3.27. The molecule has 4 aromatic rings. The largest absolute Gasteiger partial charge is 0.399 e. The van der Waals surface area contributed by atoms with Crippen LogP contribution in [0.4, 0.5) is 5.69 Å². The average Bonchev–Trinajstić information content (AvgIpc) is 3.05. The van der Waals surface area contributed by atoms with E-state index in [4.69, 9.17) is 5.73 Å². The highest BCUT2D eigenvalue weighted by Crippen LogP contribution is 2.13. The molecule has 0 fully saturated rings. The van der Waals surface area contributed by atoms with Crippen LogP contribution in [0.15, 0.2) is 65.6 Å². The van der Waals surface area contributed by atoms with Gasteiger partial charge in [-0.15, -0.1) is 0 Å². The van der Waals surface area contributed by atoms with Gasteiger partial charge in [0.15, 0.2) is 5.65 Å². The summed E-state index contributed by atoms with van der Waals surface area (Å²) >= 11 is 0. The van der Waals surface area contributed by atoms with Gasteiger partial charge in [0.25, 0.3) is 5.56 Å². The molecule has 0 radical (unpaired) electrons. The molecule has 0 aliphatic carbocycles. The van der Waals surface area contributed by atoms with Gasteiger partial charge in [-0.3, -0.25) is 14.5 Å². The zero-order chi connectivity index (χ0) is 18.1. The lowest BCUT2D eigenvalue weighted by atomic mass is 10.2. The first-order valence-corrected chi connectivity index (χ1v) is 8.19. The van der Waals surface area contributed by atoms with Crippen LogP contribution >= 0.6 is 0 Å². The summed E-state index contributed by atoms with van der Waals surface area (Å²) in [6, 6.07) is 16.4. The van der Waals surface area contributed by atoms with E-state index in [1.54, 1.807) is 29.0 Å². The number of fused-ring (bicyclic) bond motifs is 1. The highest BCUT2D eigenvalue weighted by molar-refractivity contribution is 5.67. The predicted octanol–water partition coefficient (Wildman–Crippen LogP) is 2.94. The Hall–Kier alpha value is -3.67. The molecule has 0 amide bonds. The minimum Gasteiger partial charge on any atom is -0.399 e. The number of hydrogen-bond donors (Lipinski definition) is 1. The molecule has 6 nitrogen and oxygen atoms in total. The summed E-state index contributed by atoms with van der Waals surface area (Å²) in [6.45, 7) is 1.94. The Morgan fingerprint density at radius 3 is 2.50 bits per heavy atom. The van der Waals surface area contributed by atoms with Crippen LogP contribution in [-0.2, 0) is 0 Å². The van der Waals surface area contributed by atoms with Crippen molar-refractivity contribution in [3.8, 4) is 5.69 Å². The second-order valence-corrected chi connectivity index (χ2v) is 5.98. The number of nitrogens with two attached hydrogens (primary N) is 1. The van der Waals surface area contributed by atoms with Crippen LogP contribution in [-0.4, -0.2) is 19.2 Å². The zero-order valence-corrected chi connectivity index (χ0v) is 14.2. The van der Waals surface area contributed by atoms with Crippen LogP contribution < -0.4 is 11.3 Å². The van der Waals surface area contributed by atoms with E-state index in [1.165, 1.54) is 10.6 Å². The van der Waals surface area contributed by atoms with Crippen LogP contribution in [0.2, 0.25) is 0 Å². The summed E-state index contributed by atoms with van der Waals surface area (Å²) in [4.78, 5) is 21.6. The Kier molecular flexibility index (Phi) is 3.85. The maximum absolute atomic E-state index is 12.6. The van der Waals surface area contributed by atoms with E-state index < -0.39 is 0 Å². The van der Waals surface area contributed by atoms with E-state index in [9.17, 15) is 4.79 Å². The van der Waals surface area contributed by atoms with Crippen LogP contribution in [0, 0.1) is 6.92 Å². The molecule has 0 unspecified atom stereocenters. The molecule has 1 aromatic carbocycles. The highest BCUT2D eigenvalue weighted by atomic mass is 16.1. The SMILES string of the molecule is Cc1cccc(/C=C/c2cc(=O)n3c(ccn3-c3ccc(N)cc3)n2)n1. The fourth-order valence-electron chi connectivity index (χ4n) is 2.78. The number of hydrogen-bond acceptors (Lipinski definition) is 4. The molecular weight excluding hydrogens is 326 g/mol. The lowest BCUT2D eigenvalue weighted by Gasteiger charge is -2.07. The van der Waals surface area contributed by atoms with Crippen LogP contribution in [0.3, 0.4) is 0 Å². The van der Waals surface area contributed by atoms with E-state index >= 15 is 0 Å². The fourth-order valence-corrected chi connectivity index (χ4v) is 2.78. The summed E-state index contributed by atoms with van der Waals surface area (Å²) in [5.41, 5.74) is 10.0. The first-order valence-electron chi connectivity index (χ1n) is 8.19. The third-order valence-corrected chi connectivity index (χ3v) is 4.01. The molecule has 128 valence electrons. The summed E-state index contributed by atoms with van der Waals surface area (Å²) in [7, 11) is 0. The summed E-state index contributed by atoms with van der Waals surface area (Å²) in [6.07, 6.45) is 5.46. The molecule has 3 aromatic heterocycles. The van der Waals surface area contributed by atoms with Gasteiger partial charge in [0.1, 0.15) is 0 Å². The first-order chi connectivity index (χ1) is 12.6. The third kappa shape index (κ3) is 3.00. The molecule has 26 heavy (non-hydrogen) atoms. The molecule has 0 aliphatic rings. The van der Waals surface area contributed by atoms with Gasteiger partial charge in [0, 0.05) is 29.7 Å². The van der Waals surface area contributed by atoms with Crippen molar-refractivity contribution in [3.05, 3.63) is 88.2 Å². The van der Waals surface area contributed by atoms with E-state index in [2.05, 4.69) is 9.97 Å². The smallest absolute Gasteiger partial charge is 0.273 e. The number of nitrogens with zero attached hydrogens (tertiary/aromatic N) is 4. The second kappa shape index (κ2) is 6.33. The molecule has 2 N–H and O–H groups in total. The maximum Gasteiger partial charge on any atom is 0.273 e. The maximum atomic E-state index is 12.6. The van der Waals surface area contributed by atoms with Crippen molar-refractivity contribution in [2.45, 2.75) is 6.92 Å².